The highest BCUT2D eigenvalue weighted by atomic mass is 35.5. The largest absolute Gasteiger partial charge is 0.350 e. The van der Waals surface area contributed by atoms with Crippen molar-refractivity contribution in [1.29, 1.82) is 0 Å². The lowest BCUT2D eigenvalue weighted by molar-refractivity contribution is 0.0888. The third-order valence-electron chi connectivity index (χ3n) is 4.01. The van der Waals surface area contributed by atoms with Crippen LogP contribution in [0.2, 0.25) is 5.02 Å². The normalized spacial score (nSPS) is 10.7. The fourth-order valence-electron chi connectivity index (χ4n) is 2.56. The summed E-state index contributed by atoms with van der Waals surface area (Å²) in [6, 6.07) is 15.5. The van der Waals surface area contributed by atoms with Gasteiger partial charge in [0, 0.05) is 23.6 Å². The Kier molecular flexibility index (Phi) is 5.68. The second-order valence-electron chi connectivity index (χ2n) is 6.13. The molecule has 134 valence electrons. The molecule has 0 aliphatic rings. The molecule has 1 heterocycles. The van der Waals surface area contributed by atoms with Gasteiger partial charge in [-0.05, 0) is 25.0 Å². The summed E-state index contributed by atoms with van der Waals surface area (Å²) in [6.45, 7) is 4.45. The van der Waals surface area contributed by atoms with Crippen LogP contribution in [0, 0.1) is 6.92 Å². The molecule has 0 amide bonds. The highest BCUT2D eigenvalue weighted by Crippen LogP contribution is 2.21. The van der Waals surface area contributed by atoms with E-state index in [1.165, 1.54) is 4.68 Å². The van der Waals surface area contributed by atoms with Gasteiger partial charge in [-0.3, -0.25) is 4.79 Å². The van der Waals surface area contributed by atoms with Gasteiger partial charge in [-0.15, -0.1) is 5.10 Å². The maximum Gasteiger partial charge on any atom is 0.250 e. The summed E-state index contributed by atoms with van der Waals surface area (Å²) < 4.78 is 1.36. The summed E-state index contributed by atoms with van der Waals surface area (Å²) in [5.74, 6) is 0.870. The van der Waals surface area contributed by atoms with Crippen LogP contribution < -0.4 is 5.32 Å². The van der Waals surface area contributed by atoms with E-state index < -0.39 is 0 Å². The van der Waals surface area contributed by atoms with Crippen LogP contribution in [0.25, 0.3) is 11.4 Å². The molecule has 0 spiro atoms. The summed E-state index contributed by atoms with van der Waals surface area (Å²) in [4.78, 5) is 17.0. The quantitative estimate of drug-likeness (QED) is 0.668. The van der Waals surface area contributed by atoms with Crippen molar-refractivity contribution in [1.82, 2.24) is 14.8 Å². The molecule has 0 bridgehead atoms. The van der Waals surface area contributed by atoms with Gasteiger partial charge in [0.25, 0.3) is 0 Å². The molecule has 0 saturated carbocycles. The summed E-state index contributed by atoms with van der Waals surface area (Å²) in [6.07, 6.45) is 1.17. The molecule has 0 radical (unpaired) electrons. The average molecular weight is 369 g/mol. The molecule has 6 heteroatoms. The molecule has 5 nitrogen and oxygen atoms in total. The maximum atomic E-state index is 12.4. The first kappa shape index (κ1) is 18.1. The van der Waals surface area contributed by atoms with E-state index in [9.17, 15) is 4.79 Å². The summed E-state index contributed by atoms with van der Waals surface area (Å²) in [5, 5.41) is 8.29. The second-order valence-corrected chi connectivity index (χ2v) is 6.53. The van der Waals surface area contributed by atoms with E-state index in [2.05, 4.69) is 15.4 Å². The zero-order valence-electron chi connectivity index (χ0n) is 14.9. The van der Waals surface area contributed by atoms with Crippen molar-refractivity contribution >= 4 is 23.5 Å². The number of rotatable bonds is 6. The third kappa shape index (κ3) is 4.11. The number of aromatic nitrogens is 3. The van der Waals surface area contributed by atoms with Crippen molar-refractivity contribution in [2.75, 3.05) is 5.32 Å². The summed E-state index contributed by atoms with van der Waals surface area (Å²) in [7, 11) is 0. The number of benzene rings is 2. The number of nitrogens with zero attached hydrogens (tertiary/aromatic N) is 3. The minimum absolute atomic E-state index is 0.0833. The number of anilines is 1. The standard InChI is InChI=1S/C20H21ClN4O/c1-3-6-18(26)25-20(22-13-16-7-4-5-8-17(16)21)23-19(24-25)15-11-9-14(2)10-12-15/h4-5,7-12H,3,6,13H2,1-2H3,(H,22,23,24). The van der Waals surface area contributed by atoms with Crippen molar-refractivity contribution in [2.45, 2.75) is 33.2 Å². The Morgan fingerprint density at radius 2 is 1.88 bits per heavy atom. The zero-order chi connectivity index (χ0) is 18.5. The van der Waals surface area contributed by atoms with Gasteiger partial charge in [0.1, 0.15) is 0 Å². The minimum Gasteiger partial charge on any atom is -0.350 e. The van der Waals surface area contributed by atoms with Crippen LogP contribution in [0.1, 0.15) is 35.7 Å². The molecule has 0 aliphatic carbocycles. The number of hydrogen-bond acceptors (Lipinski definition) is 4. The number of halogens is 1. The summed E-state index contributed by atoms with van der Waals surface area (Å²) in [5.41, 5.74) is 2.97. The van der Waals surface area contributed by atoms with Crippen LogP contribution >= 0.6 is 11.6 Å². The van der Waals surface area contributed by atoms with E-state index in [0.29, 0.717) is 29.8 Å². The van der Waals surface area contributed by atoms with Crippen molar-refractivity contribution in [3.63, 3.8) is 0 Å². The molecule has 0 atom stereocenters. The van der Waals surface area contributed by atoms with Gasteiger partial charge in [0.15, 0.2) is 5.82 Å². The third-order valence-corrected chi connectivity index (χ3v) is 4.38. The SMILES string of the molecule is CCCC(=O)n1nc(-c2ccc(C)cc2)nc1NCc1ccccc1Cl. The Morgan fingerprint density at radius 1 is 1.15 bits per heavy atom. The van der Waals surface area contributed by atoms with E-state index in [4.69, 9.17) is 11.6 Å². The molecular weight excluding hydrogens is 348 g/mol. The molecule has 0 aliphatic heterocycles. The first-order valence-corrected chi connectivity index (χ1v) is 9.01. The van der Waals surface area contributed by atoms with E-state index in [-0.39, 0.29) is 5.91 Å². The zero-order valence-corrected chi connectivity index (χ0v) is 15.6. The van der Waals surface area contributed by atoms with Gasteiger partial charge in [0.2, 0.25) is 11.9 Å². The van der Waals surface area contributed by atoms with Gasteiger partial charge < -0.3 is 5.32 Å². The molecule has 3 rings (SSSR count). The van der Waals surface area contributed by atoms with Crippen LogP contribution in [-0.4, -0.2) is 20.7 Å². The van der Waals surface area contributed by atoms with Gasteiger partial charge in [-0.2, -0.15) is 9.67 Å². The van der Waals surface area contributed by atoms with Crippen molar-refractivity contribution in [3.05, 3.63) is 64.7 Å². The van der Waals surface area contributed by atoms with Gasteiger partial charge in [0.05, 0.1) is 0 Å². The van der Waals surface area contributed by atoms with Gasteiger partial charge in [-0.25, -0.2) is 0 Å². The molecule has 2 aromatic carbocycles. The van der Waals surface area contributed by atoms with Gasteiger partial charge in [-0.1, -0.05) is 66.6 Å². The van der Waals surface area contributed by atoms with Crippen molar-refractivity contribution in [3.8, 4) is 11.4 Å². The van der Waals surface area contributed by atoms with Crippen molar-refractivity contribution < 1.29 is 4.79 Å². The van der Waals surface area contributed by atoms with Crippen LogP contribution in [0.15, 0.2) is 48.5 Å². The predicted molar refractivity (Wildman–Crippen MR) is 105 cm³/mol. The maximum absolute atomic E-state index is 12.4. The Morgan fingerprint density at radius 3 is 2.58 bits per heavy atom. The smallest absolute Gasteiger partial charge is 0.250 e. The van der Waals surface area contributed by atoms with E-state index in [1.54, 1.807) is 0 Å². The number of hydrogen-bond donors (Lipinski definition) is 1. The molecule has 1 N–H and O–H groups in total. The number of nitrogens with one attached hydrogen (secondary N) is 1. The number of carbonyl (C=O) groups is 1. The Bertz CT molecular complexity index is 902. The lowest BCUT2D eigenvalue weighted by atomic mass is 10.1. The molecule has 3 aromatic rings. The molecule has 1 aromatic heterocycles. The minimum atomic E-state index is -0.0833. The van der Waals surface area contributed by atoms with Crippen LogP contribution in [0.4, 0.5) is 5.95 Å². The molecule has 0 fully saturated rings. The van der Waals surface area contributed by atoms with Crippen LogP contribution in [0.5, 0.6) is 0 Å². The highest BCUT2D eigenvalue weighted by Gasteiger charge is 2.16. The van der Waals surface area contributed by atoms with Crippen molar-refractivity contribution in [2.24, 2.45) is 0 Å². The first-order valence-electron chi connectivity index (χ1n) is 8.63. The molecule has 0 unspecified atom stereocenters. The van der Waals surface area contributed by atoms with Crippen LogP contribution in [0.3, 0.4) is 0 Å². The Labute approximate surface area is 158 Å². The number of aryl methyl sites for hydroxylation is 1. The van der Waals surface area contributed by atoms with Gasteiger partial charge >= 0.3 is 0 Å². The van der Waals surface area contributed by atoms with Crippen LogP contribution in [-0.2, 0) is 6.54 Å². The number of carbonyl (C=O) groups excluding carboxylic acids is 1. The topological polar surface area (TPSA) is 59.8 Å². The highest BCUT2D eigenvalue weighted by molar-refractivity contribution is 6.31. The average Bonchev–Trinajstić information content (AvgIpc) is 3.06. The predicted octanol–water partition coefficient (Wildman–Crippen LogP) is 4.96. The van der Waals surface area contributed by atoms with E-state index in [1.807, 2.05) is 62.4 Å². The Balaban J connectivity index is 1.90. The molecule has 26 heavy (non-hydrogen) atoms. The summed E-state index contributed by atoms with van der Waals surface area (Å²) >= 11 is 6.21. The Hall–Kier alpha value is -2.66. The molecular formula is C20H21ClN4O. The monoisotopic (exact) mass is 368 g/mol. The fraction of sp³-hybridized carbons (Fsp3) is 0.250. The molecule has 0 saturated heterocycles. The first-order chi connectivity index (χ1) is 12.6. The fourth-order valence-corrected chi connectivity index (χ4v) is 2.76. The lowest BCUT2D eigenvalue weighted by Crippen LogP contribution is -2.16. The lowest BCUT2D eigenvalue weighted by Gasteiger charge is -2.08. The van der Waals surface area contributed by atoms with E-state index in [0.717, 1.165) is 23.1 Å². The van der Waals surface area contributed by atoms with E-state index >= 15 is 0 Å². The second kappa shape index (κ2) is 8.15.